The smallest absolute Gasteiger partial charge is 0.193 e. The first-order chi connectivity index (χ1) is 10.2. The molecule has 0 atom stereocenters. The topological polar surface area (TPSA) is 36.9 Å². The van der Waals surface area contributed by atoms with Crippen molar-refractivity contribution in [3.63, 3.8) is 0 Å². The van der Waals surface area contributed by atoms with Crippen molar-refractivity contribution in [2.75, 3.05) is 39.9 Å². The summed E-state index contributed by atoms with van der Waals surface area (Å²) in [5.74, 6) is 1.71. The van der Waals surface area contributed by atoms with Crippen molar-refractivity contribution < 1.29 is 4.74 Å². The molecule has 1 heterocycles. The Hall–Kier alpha value is -0.770. The van der Waals surface area contributed by atoms with Gasteiger partial charge in [-0.3, -0.25) is 4.99 Å². The van der Waals surface area contributed by atoms with Crippen LogP contribution in [0.3, 0.4) is 0 Å². The van der Waals surface area contributed by atoms with Gasteiger partial charge in [0.2, 0.25) is 0 Å². The molecule has 4 nitrogen and oxygen atoms in total. The summed E-state index contributed by atoms with van der Waals surface area (Å²) >= 11 is 0. The second-order valence-electron chi connectivity index (χ2n) is 7.17. The Morgan fingerprint density at radius 1 is 1.29 bits per heavy atom. The van der Waals surface area contributed by atoms with Crippen LogP contribution >= 0.6 is 0 Å². The standard InChI is InChI=1S/C17H33N3O/c1-15(2)13-21-12-6-10-19-16(18-3)20-11-9-17(14-20)7-4-5-8-17/h15H,4-14H2,1-3H3,(H,18,19). The summed E-state index contributed by atoms with van der Waals surface area (Å²) in [5, 5.41) is 3.50. The summed E-state index contributed by atoms with van der Waals surface area (Å²) in [6.07, 6.45) is 8.09. The van der Waals surface area contributed by atoms with E-state index in [4.69, 9.17) is 4.74 Å². The van der Waals surface area contributed by atoms with Gasteiger partial charge in [0.15, 0.2) is 5.96 Å². The first-order valence-corrected chi connectivity index (χ1v) is 8.68. The van der Waals surface area contributed by atoms with Crippen LogP contribution in [-0.2, 0) is 4.74 Å². The van der Waals surface area contributed by atoms with Gasteiger partial charge in [0.05, 0.1) is 0 Å². The molecule has 0 aromatic heterocycles. The predicted octanol–water partition coefficient (Wildman–Crippen LogP) is 2.89. The molecule has 1 aliphatic heterocycles. The van der Waals surface area contributed by atoms with Gasteiger partial charge in [-0.25, -0.2) is 0 Å². The Labute approximate surface area is 130 Å². The Bertz CT molecular complexity index is 335. The van der Waals surface area contributed by atoms with E-state index in [1.165, 1.54) is 45.2 Å². The van der Waals surface area contributed by atoms with Crippen molar-refractivity contribution in [3.05, 3.63) is 0 Å². The first kappa shape index (κ1) is 16.6. The predicted molar refractivity (Wildman–Crippen MR) is 88.7 cm³/mol. The third-order valence-corrected chi connectivity index (χ3v) is 4.81. The Balaban J connectivity index is 1.65. The van der Waals surface area contributed by atoms with Crippen LogP contribution in [0.5, 0.6) is 0 Å². The molecule has 0 radical (unpaired) electrons. The molecule has 122 valence electrons. The van der Waals surface area contributed by atoms with E-state index in [2.05, 4.69) is 29.1 Å². The zero-order valence-corrected chi connectivity index (χ0v) is 14.2. The number of aliphatic imine (C=N–C) groups is 1. The fraction of sp³-hybridized carbons (Fsp3) is 0.941. The second kappa shape index (κ2) is 8.02. The third-order valence-electron chi connectivity index (χ3n) is 4.81. The maximum absolute atomic E-state index is 5.62. The van der Waals surface area contributed by atoms with E-state index >= 15 is 0 Å². The minimum Gasteiger partial charge on any atom is -0.381 e. The largest absolute Gasteiger partial charge is 0.381 e. The number of nitrogens with zero attached hydrogens (tertiary/aromatic N) is 2. The van der Waals surface area contributed by atoms with Crippen LogP contribution in [0.1, 0.15) is 52.4 Å². The second-order valence-corrected chi connectivity index (χ2v) is 7.17. The molecule has 0 aromatic carbocycles. The highest BCUT2D eigenvalue weighted by Crippen LogP contribution is 2.45. The minimum atomic E-state index is 0.609. The number of hydrogen-bond acceptors (Lipinski definition) is 2. The highest BCUT2D eigenvalue weighted by molar-refractivity contribution is 5.80. The monoisotopic (exact) mass is 295 g/mol. The maximum Gasteiger partial charge on any atom is 0.193 e. The van der Waals surface area contributed by atoms with E-state index in [0.717, 1.165) is 32.1 Å². The number of guanidine groups is 1. The lowest BCUT2D eigenvalue weighted by Crippen LogP contribution is -2.41. The average molecular weight is 295 g/mol. The van der Waals surface area contributed by atoms with Crippen molar-refractivity contribution in [1.82, 2.24) is 10.2 Å². The molecule has 2 fully saturated rings. The zero-order chi connectivity index (χ0) is 15.1. The number of ether oxygens (including phenoxy) is 1. The molecule has 0 unspecified atom stereocenters. The van der Waals surface area contributed by atoms with Gasteiger partial charge in [-0.2, -0.15) is 0 Å². The summed E-state index contributed by atoms with van der Waals surface area (Å²) in [6.45, 7) is 9.41. The fourth-order valence-electron chi connectivity index (χ4n) is 3.67. The van der Waals surface area contributed by atoms with E-state index in [-0.39, 0.29) is 0 Å². The van der Waals surface area contributed by atoms with E-state index in [0.29, 0.717) is 11.3 Å². The van der Waals surface area contributed by atoms with Gasteiger partial charge in [-0.1, -0.05) is 26.7 Å². The van der Waals surface area contributed by atoms with Crippen LogP contribution in [0.15, 0.2) is 4.99 Å². The molecule has 21 heavy (non-hydrogen) atoms. The SMILES string of the molecule is CN=C(NCCCOCC(C)C)N1CCC2(CCCC2)C1. The highest BCUT2D eigenvalue weighted by atomic mass is 16.5. The molecule has 2 rings (SSSR count). The Morgan fingerprint density at radius 2 is 2.05 bits per heavy atom. The van der Waals surface area contributed by atoms with Gasteiger partial charge >= 0.3 is 0 Å². The molecule has 1 aliphatic carbocycles. The lowest BCUT2D eigenvalue weighted by molar-refractivity contribution is 0.108. The molecule has 0 aromatic rings. The molecule has 0 bridgehead atoms. The molecule has 0 amide bonds. The summed E-state index contributed by atoms with van der Waals surface area (Å²) < 4.78 is 5.62. The van der Waals surface area contributed by atoms with Crippen LogP contribution < -0.4 is 5.32 Å². The molecule has 4 heteroatoms. The van der Waals surface area contributed by atoms with E-state index < -0.39 is 0 Å². The number of hydrogen-bond donors (Lipinski definition) is 1. The Morgan fingerprint density at radius 3 is 2.71 bits per heavy atom. The van der Waals surface area contributed by atoms with Crippen LogP contribution in [0.2, 0.25) is 0 Å². The number of likely N-dealkylation sites (tertiary alicyclic amines) is 1. The van der Waals surface area contributed by atoms with Crippen LogP contribution in [0, 0.1) is 11.3 Å². The van der Waals surface area contributed by atoms with Crippen molar-refractivity contribution in [2.45, 2.75) is 52.4 Å². The van der Waals surface area contributed by atoms with Gasteiger partial charge in [0.25, 0.3) is 0 Å². The minimum absolute atomic E-state index is 0.609. The van der Waals surface area contributed by atoms with Crippen molar-refractivity contribution >= 4 is 5.96 Å². The normalized spacial score (nSPS) is 21.7. The lowest BCUT2D eigenvalue weighted by atomic mass is 9.86. The quantitative estimate of drug-likeness (QED) is 0.465. The van der Waals surface area contributed by atoms with Gasteiger partial charge in [-0.15, -0.1) is 0 Å². The fourth-order valence-corrected chi connectivity index (χ4v) is 3.67. The molecular weight excluding hydrogens is 262 g/mol. The average Bonchev–Trinajstić information content (AvgIpc) is 3.09. The zero-order valence-electron chi connectivity index (χ0n) is 14.2. The van der Waals surface area contributed by atoms with Gasteiger partial charge in [0, 0.05) is 39.9 Å². The number of nitrogens with one attached hydrogen (secondary N) is 1. The summed E-state index contributed by atoms with van der Waals surface area (Å²) in [6, 6.07) is 0. The summed E-state index contributed by atoms with van der Waals surface area (Å²) in [5.41, 5.74) is 0.609. The third kappa shape index (κ3) is 4.87. The Kier molecular flexibility index (Phi) is 6.34. The van der Waals surface area contributed by atoms with Gasteiger partial charge < -0.3 is 15.0 Å². The summed E-state index contributed by atoms with van der Waals surface area (Å²) in [7, 11) is 1.90. The van der Waals surface area contributed by atoms with E-state index in [9.17, 15) is 0 Å². The maximum atomic E-state index is 5.62. The van der Waals surface area contributed by atoms with Crippen LogP contribution in [0.25, 0.3) is 0 Å². The van der Waals surface area contributed by atoms with Crippen LogP contribution in [0.4, 0.5) is 0 Å². The van der Waals surface area contributed by atoms with Gasteiger partial charge in [0.1, 0.15) is 0 Å². The van der Waals surface area contributed by atoms with Gasteiger partial charge in [-0.05, 0) is 37.0 Å². The molecule has 1 N–H and O–H groups in total. The molecule has 1 spiro atoms. The molecule has 1 saturated heterocycles. The van der Waals surface area contributed by atoms with Crippen molar-refractivity contribution in [3.8, 4) is 0 Å². The van der Waals surface area contributed by atoms with Crippen LogP contribution in [-0.4, -0.2) is 50.8 Å². The van der Waals surface area contributed by atoms with E-state index in [1.54, 1.807) is 0 Å². The molecular formula is C17H33N3O. The molecule has 2 aliphatic rings. The lowest BCUT2D eigenvalue weighted by Gasteiger charge is -2.25. The van der Waals surface area contributed by atoms with Crippen molar-refractivity contribution in [2.24, 2.45) is 16.3 Å². The highest BCUT2D eigenvalue weighted by Gasteiger charge is 2.40. The molecule has 1 saturated carbocycles. The van der Waals surface area contributed by atoms with E-state index in [1.807, 2.05) is 7.05 Å². The summed E-state index contributed by atoms with van der Waals surface area (Å²) in [4.78, 5) is 6.92. The first-order valence-electron chi connectivity index (χ1n) is 8.68. The number of rotatable bonds is 6. The van der Waals surface area contributed by atoms with Crippen molar-refractivity contribution in [1.29, 1.82) is 0 Å².